The first-order chi connectivity index (χ1) is 11.3. The zero-order chi connectivity index (χ0) is 18.1. The van der Waals surface area contributed by atoms with Crippen molar-refractivity contribution < 1.29 is 4.79 Å². The van der Waals surface area contributed by atoms with Gasteiger partial charge in [0.2, 0.25) is 0 Å². The van der Waals surface area contributed by atoms with Crippen LogP contribution in [-0.2, 0) is 6.42 Å². The van der Waals surface area contributed by atoms with Crippen molar-refractivity contribution in [2.75, 3.05) is 27.2 Å². The van der Waals surface area contributed by atoms with Crippen LogP contribution >= 0.6 is 0 Å². The molecule has 0 aliphatic heterocycles. The summed E-state index contributed by atoms with van der Waals surface area (Å²) in [7, 11) is 3.53. The van der Waals surface area contributed by atoms with E-state index in [1.165, 1.54) is 0 Å². The third-order valence-electron chi connectivity index (χ3n) is 3.96. The predicted octanol–water partition coefficient (Wildman–Crippen LogP) is 2.53. The summed E-state index contributed by atoms with van der Waals surface area (Å²) in [6, 6.07) is 8.14. The third kappa shape index (κ3) is 6.60. The Morgan fingerprint density at radius 3 is 2.54 bits per heavy atom. The lowest BCUT2D eigenvalue weighted by Gasteiger charge is -2.20. The van der Waals surface area contributed by atoms with Crippen molar-refractivity contribution >= 4 is 11.9 Å². The molecule has 5 nitrogen and oxygen atoms in total. The maximum atomic E-state index is 12.0. The zero-order valence-corrected chi connectivity index (χ0v) is 15.9. The molecule has 0 aliphatic rings. The maximum Gasteiger partial charge on any atom is 0.253 e. The molecule has 0 saturated carbocycles. The molecule has 0 aromatic heterocycles. The van der Waals surface area contributed by atoms with E-state index in [0.717, 1.165) is 30.1 Å². The highest BCUT2D eigenvalue weighted by atomic mass is 16.2. The van der Waals surface area contributed by atoms with E-state index >= 15 is 0 Å². The molecule has 0 bridgehead atoms. The van der Waals surface area contributed by atoms with Crippen LogP contribution in [0.2, 0.25) is 0 Å². The number of hydrogen-bond acceptors (Lipinski definition) is 2. The molecular formula is C19H32N4O. The Hall–Kier alpha value is -2.04. The van der Waals surface area contributed by atoms with E-state index in [0.29, 0.717) is 18.5 Å². The van der Waals surface area contributed by atoms with Crippen LogP contribution < -0.4 is 10.6 Å². The van der Waals surface area contributed by atoms with E-state index in [2.05, 4.69) is 43.3 Å². The molecule has 0 aliphatic carbocycles. The lowest BCUT2D eigenvalue weighted by Crippen LogP contribution is -2.44. The molecule has 0 saturated heterocycles. The van der Waals surface area contributed by atoms with E-state index in [-0.39, 0.29) is 5.91 Å². The van der Waals surface area contributed by atoms with Crippen molar-refractivity contribution in [2.45, 2.75) is 40.2 Å². The van der Waals surface area contributed by atoms with Gasteiger partial charge in [0.05, 0.1) is 0 Å². The second-order valence-electron chi connectivity index (χ2n) is 6.59. The van der Waals surface area contributed by atoms with E-state index in [9.17, 15) is 4.79 Å². The fraction of sp³-hybridized carbons (Fsp3) is 0.579. The monoisotopic (exact) mass is 332 g/mol. The number of carbonyl (C=O) groups excluding carboxylic acids is 1. The van der Waals surface area contributed by atoms with Crippen molar-refractivity contribution in [1.29, 1.82) is 0 Å². The molecule has 2 N–H and O–H groups in total. The first-order valence-electron chi connectivity index (χ1n) is 8.70. The molecule has 0 fully saturated rings. The SMILES string of the molecule is CCNC(=NCCc1cccc(C(=O)N(C)C)c1)NC(C)C(C)C. The van der Waals surface area contributed by atoms with Crippen molar-refractivity contribution in [3.8, 4) is 0 Å². The Balaban J connectivity index is 2.69. The van der Waals surface area contributed by atoms with Gasteiger partial charge in [-0.3, -0.25) is 9.79 Å². The minimum absolute atomic E-state index is 0.0288. The number of nitrogens with one attached hydrogen (secondary N) is 2. The lowest BCUT2D eigenvalue weighted by atomic mass is 10.1. The van der Waals surface area contributed by atoms with Crippen molar-refractivity contribution in [3.05, 3.63) is 35.4 Å². The second-order valence-corrected chi connectivity index (χ2v) is 6.59. The second kappa shape index (κ2) is 9.96. The molecule has 1 unspecified atom stereocenters. The summed E-state index contributed by atoms with van der Waals surface area (Å²) in [6.07, 6.45) is 0.807. The Labute approximate surface area is 146 Å². The van der Waals surface area contributed by atoms with Crippen LogP contribution in [0.1, 0.15) is 43.6 Å². The summed E-state index contributed by atoms with van der Waals surface area (Å²) >= 11 is 0. The topological polar surface area (TPSA) is 56.7 Å². The smallest absolute Gasteiger partial charge is 0.253 e. The van der Waals surface area contributed by atoms with Gasteiger partial charge in [-0.25, -0.2) is 0 Å². The van der Waals surface area contributed by atoms with Crippen molar-refractivity contribution in [2.24, 2.45) is 10.9 Å². The van der Waals surface area contributed by atoms with Crippen LogP contribution in [0, 0.1) is 5.92 Å². The first kappa shape index (κ1) is 20.0. The zero-order valence-electron chi connectivity index (χ0n) is 15.9. The van der Waals surface area contributed by atoms with Gasteiger partial charge in [-0.1, -0.05) is 26.0 Å². The summed E-state index contributed by atoms with van der Waals surface area (Å²) in [4.78, 5) is 18.3. The Morgan fingerprint density at radius 2 is 1.96 bits per heavy atom. The van der Waals surface area contributed by atoms with E-state index in [4.69, 9.17) is 0 Å². The number of aliphatic imine (C=N–C) groups is 1. The van der Waals surface area contributed by atoms with Crippen LogP contribution in [-0.4, -0.2) is 50.0 Å². The Morgan fingerprint density at radius 1 is 1.25 bits per heavy atom. The Bertz CT molecular complexity index is 552. The van der Waals surface area contributed by atoms with Gasteiger partial charge in [0.1, 0.15) is 0 Å². The molecule has 24 heavy (non-hydrogen) atoms. The molecule has 1 aromatic carbocycles. The molecule has 5 heteroatoms. The van der Waals surface area contributed by atoms with E-state index < -0.39 is 0 Å². The van der Waals surface area contributed by atoms with E-state index in [1.54, 1.807) is 19.0 Å². The highest BCUT2D eigenvalue weighted by Gasteiger charge is 2.09. The highest BCUT2D eigenvalue weighted by Crippen LogP contribution is 2.08. The number of carbonyl (C=O) groups is 1. The summed E-state index contributed by atoms with van der Waals surface area (Å²) in [5.41, 5.74) is 1.85. The fourth-order valence-corrected chi connectivity index (χ4v) is 2.12. The fourth-order valence-electron chi connectivity index (χ4n) is 2.12. The number of amides is 1. The first-order valence-corrected chi connectivity index (χ1v) is 8.70. The molecule has 0 heterocycles. The van der Waals surface area contributed by atoms with Crippen molar-refractivity contribution in [3.63, 3.8) is 0 Å². The van der Waals surface area contributed by atoms with Crippen LogP contribution in [0.25, 0.3) is 0 Å². The number of nitrogens with zero attached hydrogens (tertiary/aromatic N) is 2. The van der Waals surface area contributed by atoms with Gasteiger partial charge >= 0.3 is 0 Å². The highest BCUT2D eigenvalue weighted by molar-refractivity contribution is 5.94. The number of rotatable bonds is 7. The van der Waals surface area contributed by atoms with Gasteiger partial charge in [0, 0.05) is 38.8 Å². The minimum atomic E-state index is 0.0288. The van der Waals surface area contributed by atoms with Gasteiger partial charge in [-0.15, -0.1) is 0 Å². The molecule has 0 radical (unpaired) electrons. The number of benzene rings is 1. The van der Waals surface area contributed by atoms with Crippen LogP contribution in [0.15, 0.2) is 29.3 Å². The number of hydrogen-bond donors (Lipinski definition) is 2. The molecular weight excluding hydrogens is 300 g/mol. The lowest BCUT2D eigenvalue weighted by molar-refractivity contribution is 0.0827. The van der Waals surface area contributed by atoms with Gasteiger partial charge < -0.3 is 15.5 Å². The normalized spacial score (nSPS) is 12.9. The van der Waals surface area contributed by atoms with Crippen LogP contribution in [0.4, 0.5) is 0 Å². The minimum Gasteiger partial charge on any atom is -0.357 e. The largest absolute Gasteiger partial charge is 0.357 e. The van der Waals surface area contributed by atoms with E-state index in [1.807, 2.05) is 24.3 Å². The number of guanidine groups is 1. The standard InChI is InChI=1S/C19H32N4O/c1-7-20-19(22-15(4)14(2)3)21-12-11-16-9-8-10-17(13-16)18(24)23(5)6/h8-10,13-15H,7,11-12H2,1-6H3,(H2,20,21,22). The summed E-state index contributed by atoms with van der Waals surface area (Å²) in [5, 5.41) is 6.70. The molecule has 1 aromatic rings. The predicted molar refractivity (Wildman–Crippen MR) is 102 cm³/mol. The van der Waals surface area contributed by atoms with Gasteiger partial charge in [-0.2, -0.15) is 0 Å². The maximum absolute atomic E-state index is 12.0. The van der Waals surface area contributed by atoms with Gasteiger partial charge in [-0.05, 0) is 43.9 Å². The average molecular weight is 332 g/mol. The summed E-state index contributed by atoms with van der Waals surface area (Å²) in [6.45, 7) is 10.1. The molecule has 134 valence electrons. The van der Waals surface area contributed by atoms with Crippen molar-refractivity contribution in [1.82, 2.24) is 15.5 Å². The summed E-state index contributed by atoms with van der Waals surface area (Å²) < 4.78 is 0. The van der Waals surface area contributed by atoms with Crippen LogP contribution in [0.3, 0.4) is 0 Å². The molecule has 1 atom stereocenters. The molecule has 0 spiro atoms. The molecule has 1 rings (SSSR count). The third-order valence-corrected chi connectivity index (χ3v) is 3.96. The Kier molecular flexibility index (Phi) is 8.30. The van der Waals surface area contributed by atoms with Gasteiger partial charge in [0.25, 0.3) is 5.91 Å². The van der Waals surface area contributed by atoms with Gasteiger partial charge in [0.15, 0.2) is 5.96 Å². The average Bonchev–Trinajstić information content (AvgIpc) is 2.54. The quantitative estimate of drug-likeness (QED) is 0.596. The van der Waals surface area contributed by atoms with Crippen LogP contribution in [0.5, 0.6) is 0 Å². The molecule has 1 amide bonds. The summed E-state index contributed by atoms with van der Waals surface area (Å²) in [5.74, 6) is 1.42.